The van der Waals surface area contributed by atoms with Crippen LogP contribution in [0.4, 0.5) is 5.13 Å². The second-order valence-corrected chi connectivity index (χ2v) is 5.47. The van der Waals surface area contributed by atoms with Crippen LogP contribution < -0.4 is 5.32 Å². The number of anilines is 1. The third-order valence-electron chi connectivity index (χ3n) is 2.45. The van der Waals surface area contributed by atoms with Gasteiger partial charge in [0.05, 0.1) is 0 Å². The molecule has 2 rings (SSSR count). The van der Waals surface area contributed by atoms with E-state index in [0.717, 1.165) is 23.4 Å². The van der Waals surface area contributed by atoms with Gasteiger partial charge in [0.25, 0.3) is 0 Å². The summed E-state index contributed by atoms with van der Waals surface area (Å²) in [6, 6.07) is 9.63. The van der Waals surface area contributed by atoms with Crippen LogP contribution in [-0.4, -0.2) is 22.0 Å². The number of carbonyl (C=O) groups is 1. The highest BCUT2D eigenvalue weighted by Gasteiger charge is 2.05. The Labute approximate surface area is 126 Å². The zero-order chi connectivity index (χ0) is 14.2. The number of alkyl halides is 1. The maximum atomic E-state index is 11.7. The van der Waals surface area contributed by atoms with E-state index in [0.29, 0.717) is 11.0 Å². The molecule has 6 heteroatoms. The Hall–Kier alpha value is -1.72. The molecule has 1 aromatic heterocycles. The van der Waals surface area contributed by atoms with Crippen LogP contribution in [0.25, 0.3) is 6.08 Å². The number of hydrogen-bond donors (Lipinski definition) is 1. The van der Waals surface area contributed by atoms with Crippen molar-refractivity contribution in [3.8, 4) is 0 Å². The third-order valence-corrected chi connectivity index (χ3v) is 3.61. The molecule has 2 aromatic rings. The molecule has 0 aliphatic rings. The van der Waals surface area contributed by atoms with Crippen LogP contribution in [-0.2, 0) is 11.2 Å². The molecule has 0 aliphatic heterocycles. The third kappa shape index (κ3) is 4.75. The molecule has 0 aliphatic carbocycles. The first-order valence-corrected chi connectivity index (χ1v) is 7.55. The maximum absolute atomic E-state index is 11.7. The number of aryl methyl sites for hydroxylation is 1. The van der Waals surface area contributed by atoms with Gasteiger partial charge in [0.1, 0.15) is 5.01 Å². The Kier molecular flexibility index (Phi) is 5.70. The second-order valence-electron chi connectivity index (χ2n) is 4.03. The van der Waals surface area contributed by atoms with E-state index in [-0.39, 0.29) is 5.91 Å². The molecule has 0 saturated heterocycles. The van der Waals surface area contributed by atoms with E-state index >= 15 is 0 Å². The molecular formula is C14H14ClN3OS. The number of rotatable bonds is 6. The summed E-state index contributed by atoms with van der Waals surface area (Å²) in [5.74, 6) is 0.384. The lowest BCUT2D eigenvalue weighted by molar-refractivity contribution is -0.111. The first kappa shape index (κ1) is 14.7. The second kappa shape index (κ2) is 7.77. The summed E-state index contributed by atoms with van der Waals surface area (Å²) in [5.41, 5.74) is 0.975. The fraction of sp³-hybridized carbons (Fsp3) is 0.214. The molecule has 0 spiro atoms. The predicted octanol–water partition coefficient (Wildman–Crippen LogP) is 3.36. The normalized spacial score (nSPS) is 10.8. The highest BCUT2D eigenvalue weighted by molar-refractivity contribution is 7.15. The Morgan fingerprint density at radius 1 is 1.30 bits per heavy atom. The van der Waals surface area contributed by atoms with Gasteiger partial charge in [0.2, 0.25) is 11.0 Å². The van der Waals surface area contributed by atoms with Gasteiger partial charge in [-0.25, -0.2) is 0 Å². The van der Waals surface area contributed by atoms with Crippen LogP contribution >= 0.6 is 22.9 Å². The number of aromatic nitrogens is 2. The van der Waals surface area contributed by atoms with Gasteiger partial charge >= 0.3 is 0 Å². The molecule has 0 unspecified atom stereocenters. The minimum atomic E-state index is -0.214. The van der Waals surface area contributed by atoms with E-state index in [9.17, 15) is 4.79 Å². The van der Waals surface area contributed by atoms with Gasteiger partial charge in [-0.1, -0.05) is 41.7 Å². The van der Waals surface area contributed by atoms with Crippen molar-refractivity contribution in [1.29, 1.82) is 0 Å². The Morgan fingerprint density at radius 2 is 2.10 bits per heavy atom. The van der Waals surface area contributed by atoms with Crippen LogP contribution in [0, 0.1) is 0 Å². The smallest absolute Gasteiger partial charge is 0.250 e. The van der Waals surface area contributed by atoms with Gasteiger partial charge in [-0.05, 0) is 18.1 Å². The molecule has 4 nitrogen and oxygen atoms in total. The van der Waals surface area contributed by atoms with Crippen LogP contribution in [0.3, 0.4) is 0 Å². The van der Waals surface area contributed by atoms with Crippen molar-refractivity contribution in [2.45, 2.75) is 12.8 Å². The summed E-state index contributed by atoms with van der Waals surface area (Å²) in [6.45, 7) is 0. The fourth-order valence-electron chi connectivity index (χ4n) is 1.51. The first-order chi connectivity index (χ1) is 9.78. The zero-order valence-corrected chi connectivity index (χ0v) is 12.3. The van der Waals surface area contributed by atoms with E-state index in [1.807, 2.05) is 30.3 Å². The highest BCUT2D eigenvalue weighted by atomic mass is 35.5. The summed E-state index contributed by atoms with van der Waals surface area (Å²) in [4.78, 5) is 11.7. The number of nitrogens with zero attached hydrogens (tertiary/aromatic N) is 2. The molecule has 0 saturated carbocycles. The predicted molar refractivity (Wildman–Crippen MR) is 83.1 cm³/mol. The van der Waals surface area contributed by atoms with E-state index in [1.165, 1.54) is 17.4 Å². The summed E-state index contributed by atoms with van der Waals surface area (Å²) in [5, 5.41) is 12.0. The van der Waals surface area contributed by atoms with Gasteiger partial charge in [-0.2, -0.15) is 0 Å². The molecule has 0 bridgehead atoms. The molecule has 1 N–H and O–H groups in total. The van der Waals surface area contributed by atoms with E-state index in [4.69, 9.17) is 11.6 Å². The first-order valence-electron chi connectivity index (χ1n) is 6.20. The average Bonchev–Trinajstić information content (AvgIpc) is 2.91. The van der Waals surface area contributed by atoms with E-state index in [1.54, 1.807) is 6.08 Å². The van der Waals surface area contributed by atoms with Crippen molar-refractivity contribution in [3.05, 3.63) is 47.0 Å². The van der Waals surface area contributed by atoms with Crippen LogP contribution in [0.1, 0.15) is 17.0 Å². The number of benzene rings is 1. The largest absolute Gasteiger partial charge is 0.297 e. The van der Waals surface area contributed by atoms with Crippen molar-refractivity contribution in [3.63, 3.8) is 0 Å². The molecule has 20 heavy (non-hydrogen) atoms. The van der Waals surface area contributed by atoms with Crippen molar-refractivity contribution >= 4 is 40.1 Å². The fourth-order valence-corrected chi connectivity index (χ4v) is 2.42. The standard InChI is InChI=1S/C14H14ClN3OS/c15-10-4-7-13-17-18-14(20-13)16-12(19)9-8-11-5-2-1-3-6-11/h1-3,5-6,8-9H,4,7,10H2,(H,16,18,19)/b9-8+. The lowest BCUT2D eigenvalue weighted by atomic mass is 10.2. The zero-order valence-electron chi connectivity index (χ0n) is 10.8. The molecule has 1 aromatic carbocycles. The lowest BCUT2D eigenvalue weighted by Crippen LogP contribution is -2.07. The highest BCUT2D eigenvalue weighted by Crippen LogP contribution is 2.16. The van der Waals surface area contributed by atoms with E-state index in [2.05, 4.69) is 15.5 Å². The summed E-state index contributed by atoms with van der Waals surface area (Å²) in [7, 11) is 0. The average molecular weight is 308 g/mol. The monoisotopic (exact) mass is 307 g/mol. The molecule has 1 amide bonds. The summed E-state index contributed by atoms with van der Waals surface area (Å²) < 4.78 is 0. The summed E-state index contributed by atoms with van der Waals surface area (Å²) in [6.07, 6.45) is 4.88. The molecule has 104 valence electrons. The van der Waals surface area contributed by atoms with Crippen molar-refractivity contribution in [1.82, 2.24) is 10.2 Å². The number of amides is 1. The topological polar surface area (TPSA) is 54.9 Å². The number of nitrogens with one attached hydrogen (secondary N) is 1. The Balaban J connectivity index is 1.88. The van der Waals surface area contributed by atoms with Crippen molar-refractivity contribution < 1.29 is 4.79 Å². The molecule has 0 radical (unpaired) electrons. The molecule has 0 atom stereocenters. The van der Waals surface area contributed by atoms with Crippen molar-refractivity contribution in [2.24, 2.45) is 0 Å². The van der Waals surface area contributed by atoms with Crippen LogP contribution in [0.15, 0.2) is 36.4 Å². The minimum absolute atomic E-state index is 0.214. The maximum Gasteiger partial charge on any atom is 0.250 e. The van der Waals surface area contributed by atoms with Gasteiger partial charge in [-0.3, -0.25) is 10.1 Å². The molecule has 0 fully saturated rings. The quantitative estimate of drug-likeness (QED) is 0.657. The Morgan fingerprint density at radius 3 is 2.85 bits per heavy atom. The van der Waals surface area contributed by atoms with Crippen LogP contribution in [0.2, 0.25) is 0 Å². The Bertz CT molecular complexity index is 583. The van der Waals surface area contributed by atoms with Gasteiger partial charge in [-0.15, -0.1) is 21.8 Å². The lowest BCUT2D eigenvalue weighted by Gasteiger charge is -1.95. The molecule has 1 heterocycles. The number of carbonyl (C=O) groups excluding carboxylic acids is 1. The van der Waals surface area contributed by atoms with E-state index < -0.39 is 0 Å². The van der Waals surface area contributed by atoms with Crippen LogP contribution in [0.5, 0.6) is 0 Å². The molecular weight excluding hydrogens is 294 g/mol. The number of halogens is 1. The minimum Gasteiger partial charge on any atom is -0.297 e. The SMILES string of the molecule is O=C(/C=C/c1ccccc1)Nc1nnc(CCCCl)s1. The van der Waals surface area contributed by atoms with Gasteiger partial charge < -0.3 is 0 Å². The number of hydrogen-bond acceptors (Lipinski definition) is 4. The van der Waals surface area contributed by atoms with Crippen molar-refractivity contribution in [2.75, 3.05) is 11.2 Å². The van der Waals surface area contributed by atoms with Gasteiger partial charge in [0, 0.05) is 18.4 Å². The van der Waals surface area contributed by atoms with Gasteiger partial charge in [0.15, 0.2) is 0 Å². The summed E-state index contributed by atoms with van der Waals surface area (Å²) >= 11 is 7.00.